The molecule has 1 amide bonds. The van der Waals surface area contributed by atoms with Crippen LogP contribution >= 0.6 is 0 Å². The maximum Gasteiger partial charge on any atom is 0.341 e. The molecule has 0 bridgehead atoms. The van der Waals surface area contributed by atoms with Gasteiger partial charge in [-0.05, 0) is 47.5 Å². The summed E-state index contributed by atoms with van der Waals surface area (Å²) in [5.41, 5.74) is 3.19. The van der Waals surface area contributed by atoms with Crippen LogP contribution in [0.4, 0.5) is 5.69 Å². The largest absolute Gasteiger partial charge is 0.482 e. The number of pyridine rings is 2. The van der Waals surface area contributed by atoms with E-state index in [1.807, 2.05) is 35.2 Å². The number of carboxylic acid groups (broad SMARTS) is 1. The van der Waals surface area contributed by atoms with E-state index in [1.165, 1.54) is 0 Å². The average molecular weight is 444 g/mol. The Morgan fingerprint density at radius 3 is 2.30 bits per heavy atom. The van der Waals surface area contributed by atoms with Crippen LogP contribution in [0.1, 0.15) is 11.1 Å². The normalized spacial score (nSPS) is 14.1. The summed E-state index contributed by atoms with van der Waals surface area (Å²) < 4.78 is 5.22. The quantitative estimate of drug-likeness (QED) is 0.560. The highest BCUT2D eigenvalue weighted by atomic mass is 16.5. The van der Waals surface area contributed by atoms with Gasteiger partial charge in [-0.15, -0.1) is 0 Å². The van der Waals surface area contributed by atoms with Gasteiger partial charge in [-0.25, -0.2) is 4.79 Å². The molecule has 1 aliphatic heterocycles. The monoisotopic (exact) mass is 444 g/mol. The number of hydrogen-bond donors (Lipinski definition) is 1. The summed E-state index contributed by atoms with van der Waals surface area (Å²) in [6.45, 7) is 2.25. The molecule has 0 saturated carbocycles. The summed E-state index contributed by atoms with van der Waals surface area (Å²) in [6, 6.07) is 14.5. The molecule has 1 saturated heterocycles. The van der Waals surface area contributed by atoms with Crippen molar-refractivity contribution < 1.29 is 19.4 Å². The number of piperazine rings is 1. The van der Waals surface area contributed by atoms with Crippen LogP contribution in [0.25, 0.3) is 11.6 Å². The third kappa shape index (κ3) is 5.74. The van der Waals surface area contributed by atoms with Gasteiger partial charge < -0.3 is 19.6 Å². The van der Waals surface area contributed by atoms with Gasteiger partial charge in [-0.3, -0.25) is 14.8 Å². The van der Waals surface area contributed by atoms with Gasteiger partial charge in [-0.2, -0.15) is 0 Å². The Kier molecular flexibility index (Phi) is 6.94. The third-order valence-electron chi connectivity index (χ3n) is 5.35. The smallest absolute Gasteiger partial charge is 0.341 e. The lowest BCUT2D eigenvalue weighted by Gasteiger charge is -2.36. The van der Waals surface area contributed by atoms with Crippen molar-refractivity contribution in [3.05, 3.63) is 84.4 Å². The molecule has 8 nitrogen and oxygen atoms in total. The lowest BCUT2D eigenvalue weighted by molar-refractivity contribution is -0.139. The van der Waals surface area contributed by atoms with Gasteiger partial charge in [0, 0.05) is 62.2 Å². The molecular weight excluding hydrogens is 420 g/mol. The summed E-state index contributed by atoms with van der Waals surface area (Å²) in [6.07, 6.45) is 8.76. The van der Waals surface area contributed by atoms with Crippen molar-refractivity contribution in [2.75, 3.05) is 37.7 Å². The predicted octanol–water partition coefficient (Wildman–Crippen LogP) is 2.83. The van der Waals surface area contributed by atoms with E-state index in [9.17, 15) is 9.59 Å². The molecule has 33 heavy (non-hydrogen) atoms. The Labute approximate surface area is 191 Å². The number of hydrogen-bond acceptors (Lipinski definition) is 6. The van der Waals surface area contributed by atoms with Gasteiger partial charge in [0.25, 0.3) is 5.91 Å². The lowest BCUT2D eigenvalue weighted by atomic mass is 10.0. The van der Waals surface area contributed by atoms with Crippen molar-refractivity contribution in [1.29, 1.82) is 0 Å². The zero-order valence-electron chi connectivity index (χ0n) is 18.0. The van der Waals surface area contributed by atoms with Crippen molar-refractivity contribution in [3.63, 3.8) is 0 Å². The number of rotatable bonds is 7. The van der Waals surface area contributed by atoms with E-state index in [1.54, 1.807) is 49.1 Å². The fourth-order valence-electron chi connectivity index (χ4n) is 3.67. The van der Waals surface area contributed by atoms with Crippen molar-refractivity contribution in [1.82, 2.24) is 14.9 Å². The van der Waals surface area contributed by atoms with Crippen LogP contribution in [-0.2, 0) is 9.59 Å². The van der Waals surface area contributed by atoms with E-state index < -0.39 is 12.6 Å². The molecule has 168 valence electrons. The van der Waals surface area contributed by atoms with Gasteiger partial charge in [0.1, 0.15) is 5.75 Å². The first-order valence-electron chi connectivity index (χ1n) is 10.6. The van der Waals surface area contributed by atoms with Crippen LogP contribution in [0.15, 0.2) is 73.3 Å². The minimum absolute atomic E-state index is 0.0626. The Balaban J connectivity index is 1.53. The maximum absolute atomic E-state index is 13.5. The zero-order valence-corrected chi connectivity index (χ0v) is 18.0. The predicted molar refractivity (Wildman–Crippen MR) is 125 cm³/mol. The fraction of sp³-hybridized carbons (Fsp3) is 0.200. The van der Waals surface area contributed by atoms with Crippen LogP contribution in [0.5, 0.6) is 5.75 Å². The molecule has 0 unspecified atom stereocenters. The van der Waals surface area contributed by atoms with Gasteiger partial charge in [0.05, 0.1) is 0 Å². The molecule has 0 spiro atoms. The topological polar surface area (TPSA) is 95.9 Å². The molecule has 0 atom stereocenters. The van der Waals surface area contributed by atoms with Crippen molar-refractivity contribution >= 4 is 29.2 Å². The standard InChI is InChI=1S/C25H24N4O4/c30-24(31)18-33-22-5-3-20(4-6-22)23(16-19-2-1-9-27-17-19)25(32)29-14-12-28(13-15-29)21-7-10-26-11-8-21/h1-11,16-17H,12-15,18H2,(H,30,31). The van der Waals surface area contributed by atoms with E-state index in [-0.39, 0.29) is 5.91 Å². The first kappa shape index (κ1) is 22.0. The molecular formula is C25H24N4O4. The number of aliphatic carboxylic acids is 1. The Bertz CT molecular complexity index is 1110. The molecule has 4 rings (SSSR count). The van der Waals surface area contributed by atoms with Crippen LogP contribution in [0.3, 0.4) is 0 Å². The minimum Gasteiger partial charge on any atom is -0.482 e. The first-order valence-corrected chi connectivity index (χ1v) is 10.6. The highest BCUT2D eigenvalue weighted by molar-refractivity contribution is 6.24. The first-order chi connectivity index (χ1) is 16.1. The van der Waals surface area contributed by atoms with Crippen LogP contribution in [-0.4, -0.2) is 64.6 Å². The van der Waals surface area contributed by atoms with Crippen LogP contribution < -0.4 is 9.64 Å². The molecule has 1 aromatic carbocycles. The second-order valence-electron chi connectivity index (χ2n) is 7.54. The number of aromatic nitrogens is 2. The molecule has 3 heterocycles. The van der Waals surface area contributed by atoms with Crippen LogP contribution in [0, 0.1) is 0 Å². The van der Waals surface area contributed by atoms with Gasteiger partial charge in [-0.1, -0.05) is 18.2 Å². The minimum atomic E-state index is -1.04. The van der Waals surface area contributed by atoms with Crippen molar-refractivity contribution in [3.8, 4) is 5.75 Å². The van der Waals surface area contributed by atoms with Crippen molar-refractivity contribution in [2.45, 2.75) is 0 Å². The Morgan fingerprint density at radius 1 is 0.939 bits per heavy atom. The van der Waals surface area contributed by atoms with Gasteiger partial charge in [0.2, 0.25) is 0 Å². The number of amides is 1. The fourth-order valence-corrected chi connectivity index (χ4v) is 3.67. The van der Waals surface area contributed by atoms with Crippen LogP contribution in [0.2, 0.25) is 0 Å². The molecule has 0 radical (unpaired) electrons. The van der Waals surface area contributed by atoms with Gasteiger partial charge in [0.15, 0.2) is 6.61 Å². The highest BCUT2D eigenvalue weighted by Crippen LogP contribution is 2.25. The number of carbonyl (C=O) groups excluding carboxylic acids is 1. The summed E-state index contributed by atoms with van der Waals surface area (Å²) >= 11 is 0. The second-order valence-corrected chi connectivity index (χ2v) is 7.54. The van der Waals surface area contributed by atoms with E-state index in [0.717, 1.165) is 29.9 Å². The van der Waals surface area contributed by atoms with Gasteiger partial charge >= 0.3 is 5.97 Å². The SMILES string of the molecule is O=C(O)COc1ccc(C(=Cc2cccnc2)C(=O)N2CCN(c3ccncc3)CC2)cc1. The molecule has 3 aromatic rings. The molecule has 2 aromatic heterocycles. The Hall–Kier alpha value is -4.20. The maximum atomic E-state index is 13.5. The van der Waals surface area contributed by atoms with E-state index >= 15 is 0 Å². The number of benzene rings is 1. The number of carbonyl (C=O) groups is 2. The summed E-state index contributed by atoms with van der Waals surface area (Å²) in [5, 5.41) is 8.79. The second kappa shape index (κ2) is 10.4. The number of carboxylic acids is 1. The highest BCUT2D eigenvalue weighted by Gasteiger charge is 2.24. The average Bonchev–Trinajstić information content (AvgIpc) is 2.87. The number of ether oxygens (including phenoxy) is 1. The molecule has 0 aliphatic carbocycles. The number of nitrogens with zero attached hydrogens (tertiary/aromatic N) is 4. The van der Waals surface area contributed by atoms with Crippen molar-refractivity contribution in [2.24, 2.45) is 0 Å². The molecule has 8 heteroatoms. The Morgan fingerprint density at radius 2 is 1.67 bits per heavy atom. The zero-order chi connectivity index (χ0) is 23.0. The summed E-state index contributed by atoms with van der Waals surface area (Å²) in [5.74, 6) is -0.676. The lowest BCUT2D eigenvalue weighted by Crippen LogP contribution is -2.49. The molecule has 1 fully saturated rings. The third-order valence-corrected chi connectivity index (χ3v) is 5.35. The molecule has 1 aliphatic rings. The summed E-state index contributed by atoms with van der Waals surface area (Å²) in [4.78, 5) is 36.6. The van der Waals surface area contributed by atoms with E-state index in [2.05, 4.69) is 14.9 Å². The molecule has 1 N–H and O–H groups in total. The number of anilines is 1. The van der Waals surface area contributed by atoms with E-state index in [0.29, 0.717) is 24.4 Å². The summed E-state index contributed by atoms with van der Waals surface area (Å²) in [7, 11) is 0. The van der Waals surface area contributed by atoms with E-state index in [4.69, 9.17) is 9.84 Å².